The van der Waals surface area contributed by atoms with E-state index in [1.807, 2.05) is 0 Å². The van der Waals surface area contributed by atoms with Crippen LogP contribution in [0.25, 0.3) is 0 Å². The fourth-order valence-electron chi connectivity index (χ4n) is 8.00. The van der Waals surface area contributed by atoms with Crippen molar-refractivity contribution in [3.63, 3.8) is 0 Å². The summed E-state index contributed by atoms with van der Waals surface area (Å²) in [4.78, 5) is 64.4. The highest BCUT2D eigenvalue weighted by Crippen LogP contribution is 2.44. The van der Waals surface area contributed by atoms with Crippen LogP contribution >= 0.6 is 46.4 Å². The van der Waals surface area contributed by atoms with E-state index in [0.717, 1.165) is 54.4 Å². The summed E-state index contributed by atoms with van der Waals surface area (Å²) in [5.41, 5.74) is 0.0114. The molecule has 6 N–H and O–H groups in total. The van der Waals surface area contributed by atoms with Crippen LogP contribution in [0.5, 0.6) is 57.5 Å². The SMILES string of the molecule is O=C(O)CN(C(=O)Oc1ccc(O)cc1)c1cc(Cl)c(Oc2ccc(O)c(S(=O)(=O)N3CCCCC3)c2)c(Cl)c1.O=C(O)CN(C(=O)Oc1ccc(O)cc1)c1ccc(Oc2ccc(O)c(C(=O)N3CCCCC3)c2)c(Cl)c1Cl. The van der Waals surface area contributed by atoms with Crippen molar-refractivity contribution in [2.75, 3.05) is 49.1 Å². The van der Waals surface area contributed by atoms with E-state index >= 15 is 0 Å². The average molecular weight is 1190 g/mol. The fraction of sp³-hybridized carbons (Fsp3) is 0.226. The first kappa shape index (κ1) is 58.8. The summed E-state index contributed by atoms with van der Waals surface area (Å²) in [6, 6.07) is 23.5. The second-order valence-corrected chi connectivity index (χ2v) is 20.9. The highest BCUT2D eigenvalue weighted by atomic mass is 35.5. The molecule has 2 aliphatic heterocycles. The lowest BCUT2D eigenvalue weighted by atomic mass is 10.1. The third kappa shape index (κ3) is 15.0. The molecule has 0 atom stereocenters. The Balaban J connectivity index is 0.000000229. The summed E-state index contributed by atoms with van der Waals surface area (Å²) < 4.78 is 49.6. The number of likely N-dealkylation sites (tertiary alicyclic amines) is 1. The van der Waals surface area contributed by atoms with Gasteiger partial charge in [0.25, 0.3) is 5.91 Å². The van der Waals surface area contributed by atoms with E-state index in [2.05, 4.69) is 0 Å². The van der Waals surface area contributed by atoms with Gasteiger partial charge in [0.2, 0.25) is 10.0 Å². The Morgan fingerprint density at radius 1 is 0.532 bits per heavy atom. The third-order valence-corrected chi connectivity index (χ3v) is 15.2. The first-order valence-corrected chi connectivity index (χ1v) is 26.8. The zero-order chi connectivity index (χ0) is 57.1. The first-order valence-electron chi connectivity index (χ1n) is 23.9. The molecule has 0 aromatic heterocycles. The van der Waals surface area contributed by atoms with Gasteiger partial charge in [-0.25, -0.2) is 18.0 Å². The molecule has 0 aliphatic carbocycles. The van der Waals surface area contributed by atoms with Crippen molar-refractivity contribution in [3.8, 4) is 57.5 Å². The lowest BCUT2D eigenvalue weighted by Gasteiger charge is -2.27. The number of rotatable bonds is 15. The van der Waals surface area contributed by atoms with Gasteiger partial charge in [-0.2, -0.15) is 4.31 Å². The van der Waals surface area contributed by atoms with E-state index in [9.17, 15) is 63.0 Å². The van der Waals surface area contributed by atoms with E-state index in [-0.39, 0.29) is 99.6 Å². The third-order valence-electron chi connectivity index (χ3n) is 11.9. The van der Waals surface area contributed by atoms with Gasteiger partial charge in [0, 0.05) is 32.2 Å². The number of benzene rings is 6. The summed E-state index contributed by atoms with van der Waals surface area (Å²) >= 11 is 25.6. The molecule has 2 heterocycles. The average Bonchev–Trinajstić information content (AvgIpc) is 3.52. The van der Waals surface area contributed by atoms with Crippen molar-refractivity contribution in [1.82, 2.24) is 9.21 Å². The van der Waals surface area contributed by atoms with Crippen LogP contribution in [0, 0.1) is 0 Å². The van der Waals surface area contributed by atoms with Gasteiger partial charge in [0.15, 0.2) is 5.75 Å². The topological polar surface area (TPSA) is 291 Å². The van der Waals surface area contributed by atoms with Crippen LogP contribution < -0.4 is 28.7 Å². The van der Waals surface area contributed by atoms with Crippen LogP contribution in [0.3, 0.4) is 0 Å². The maximum absolute atomic E-state index is 13.1. The molecule has 0 unspecified atom stereocenters. The monoisotopic (exact) mass is 1180 g/mol. The van der Waals surface area contributed by atoms with Crippen LogP contribution in [0.1, 0.15) is 48.9 Å². The minimum atomic E-state index is -3.99. The summed E-state index contributed by atoms with van der Waals surface area (Å²) in [6.45, 7) is 0.317. The van der Waals surface area contributed by atoms with Gasteiger partial charge in [-0.3, -0.25) is 24.2 Å². The number of carboxylic acid groups (broad SMARTS) is 2. The lowest BCUT2D eigenvalue weighted by Crippen LogP contribution is -2.38. The van der Waals surface area contributed by atoms with E-state index in [1.165, 1.54) is 107 Å². The van der Waals surface area contributed by atoms with Crippen molar-refractivity contribution in [1.29, 1.82) is 0 Å². The van der Waals surface area contributed by atoms with Gasteiger partial charge in [0.1, 0.15) is 74.8 Å². The molecule has 0 radical (unpaired) electrons. The number of amides is 3. The van der Waals surface area contributed by atoms with Crippen LogP contribution in [0.4, 0.5) is 21.0 Å². The van der Waals surface area contributed by atoms with E-state index in [0.29, 0.717) is 26.2 Å². The number of hydrogen-bond donors (Lipinski definition) is 6. The normalized spacial score (nSPS) is 13.5. The summed E-state index contributed by atoms with van der Waals surface area (Å²) in [7, 11) is -3.99. The summed E-state index contributed by atoms with van der Waals surface area (Å²) in [5.74, 6) is -3.41. The van der Waals surface area contributed by atoms with Gasteiger partial charge in [0.05, 0.1) is 32.0 Å². The molecule has 8 rings (SSSR count). The Kier molecular flexibility index (Phi) is 19.5. The Hall–Kier alpha value is -7.86. The Labute approximate surface area is 471 Å². The molecule has 3 amide bonds. The number of sulfonamides is 1. The van der Waals surface area contributed by atoms with Crippen LogP contribution in [-0.4, -0.2) is 118 Å². The second kappa shape index (κ2) is 26.2. The van der Waals surface area contributed by atoms with E-state index in [4.69, 9.17) is 65.4 Å². The van der Waals surface area contributed by atoms with Crippen molar-refractivity contribution >= 4 is 97.8 Å². The van der Waals surface area contributed by atoms with Crippen LogP contribution in [0.15, 0.2) is 114 Å². The molecule has 2 saturated heterocycles. The molecule has 26 heteroatoms. The number of anilines is 2. The summed E-state index contributed by atoms with van der Waals surface area (Å²) in [5, 5.41) is 57.5. The predicted octanol–water partition coefficient (Wildman–Crippen LogP) is 11.4. The number of nitrogens with zero attached hydrogens (tertiary/aromatic N) is 4. The van der Waals surface area contributed by atoms with Crippen molar-refractivity contribution < 1.29 is 82.0 Å². The van der Waals surface area contributed by atoms with Crippen LogP contribution in [0.2, 0.25) is 20.1 Å². The molecule has 6 aromatic rings. The number of aromatic hydroxyl groups is 4. The van der Waals surface area contributed by atoms with E-state index in [1.54, 1.807) is 4.90 Å². The highest BCUT2D eigenvalue weighted by molar-refractivity contribution is 7.89. The molecule has 6 aromatic carbocycles. The number of aliphatic carboxylic acids is 2. The number of carbonyl (C=O) groups is 5. The van der Waals surface area contributed by atoms with Crippen LogP contribution in [-0.2, 0) is 19.6 Å². The number of carbonyl (C=O) groups excluding carboxylic acids is 3. The Morgan fingerprint density at radius 3 is 1.56 bits per heavy atom. The van der Waals surface area contributed by atoms with Crippen molar-refractivity contribution in [2.45, 2.75) is 43.4 Å². The van der Waals surface area contributed by atoms with Gasteiger partial charge in [-0.15, -0.1) is 0 Å². The highest BCUT2D eigenvalue weighted by Gasteiger charge is 2.31. The largest absolute Gasteiger partial charge is 0.508 e. The molecule has 2 fully saturated rings. The lowest BCUT2D eigenvalue weighted by molar-refractivity contribution is -0.136. The minimum absolute atomic E-state index is 0.0130. The molecular weight excluding hydrogens is 1140 g/mol. The number of phenolic OH excluding ortho intramolecular Hbond substituents is 4. The molecule has 0 bridgehead atoms. The van der Waals surface area contributed by atoms with Gasteiger partial charge in [-0.1, -0.05) is 52.8 Å². The Morgan fingerprint density at radius 2 is 1.01 bits per heavy atom. The van der Waals surface area contributed by atoms with E-state index < -0.39 is 53.0 Å². The second-order valence-electron chi connectivity index (χ2n) is 17.5. The smallest absolute Gasteiger partial charge is 0.420 e. The molecule has 0 spiro atoms. The minimum Gasteiger partial charge on any atom is -0.508 e. The fourth-order valence-corrected chi connectivity index (χ4v) is 10.6. The standard InChI is InChI=1S/C27H24Cl2N2O8.C26H24Cl2N2O9S/c28-24-20(31(15-23(34)35)27(37)39-17-6-4-16(32)5-7-17)9-11-22(25(24)29)38-18-8-10-21(33)19(14-18)26(36)30-12-2-1-3-13-30;27-20-12-16(30(15-24(33)34)26(35)39-18-6-4-17(31)5-7-18)13-21(28)25(20)38-19-8-9-22(32)23(14-19)40(36,37)29-10-2-1-3-11-29/h4-11,14,32-33H,1-3,12-13,15H2,(H,34,35);4-9,12-14,31-32H,1-3,10-11,15H2,(H,33,34). The molecule has 79 heavy (non-hydrogen) atoms. The van der Waals surface area contributed by atoms with Crippen molar-refractivity contribution in [3.05, 3.63) is 135 Å². The van der Waals surface area contributed by atoms with Gasteiger partial charge in [-0.05, 0) is 135 Å². The van der Waals surface area contributed by atoms with Crippen molar-refractivity contribution in [2.24, 2.45) is 0 Å². The maximum atomic E-state index is 13.1. The number of piperidine rings is 2. The Bertz CT molecular complexity index is 3340. The quantitative estimate of drug-likeness (QED) is 0.0557. The summed E-state index contributed by atoms with van der Waals surface area (Å²) in [6.07, 6.45) is 3.09. The zero-order valence-electron chi connectivity index (χ0n) is 41.3. The van der Waals surface area contributed by atoms with Gasteiger partial charge < -0.3 is 54.5 Å². The molecule has 21 nitrogen and oxygen atoms in total. The maximum Gasteiger partial charge on any atom is 0.420 e. The van der Waals surface area contributed by atoms with Gasteiger partial charge >= 0.3 is 24.1 Å². The molecule has 2 aliphatic rings. The predicted molar refractivity (Wildman–Crippen MR) is 290 cm³/mol. The number of phenols is 4. The number of hydrogen-bond acceptors (Lipinski definition) is 15. The molecule has 416 valence electrons. The first-order chi connectivity index (χ1) is 37.6. The zero-order valence-corrected chi connectivity index (χ0v) is 45.1. The number of halogens is 4. The molecular formula is C53H48Cl4N4O17S. The number of ether oxygens (including phenoxy) is 4. The number of carboxylic acids is 2. The molecule has 0 saturated carbocycles.